The predicted octanol–water partition coefficient (Wildman–Crippen LogP) is 2.54. The van der Waals surface area contributed by atoms with Crippen LogP contribution in [0.3, 0.4) is 0 Å². The molecular formula is C18H25NO3. The highest BCUT2D eigenvalue weighted by molar-refractivity contribution is 5.78. The quantitative estimate of drug-likeness (QED) is 0.861. The van der Waals surface area contributed by atoms with E-state index in [1.54, 1.807) is 14.2 Å². The molecule has 0 unspecified atom stereocenters. The van der Waals surface area contributed by atoms with Crippen LogP contribution in [-0.4, -0.2) is 44.2 Å². The number of nitrogens with zero attached hydrogens (tertiary/aromatic N) is 1. The normalized spacial score (nSPS) is 30.7. The van der Waals surface area contributed by atoms with Gasteiger partial charge in [-0.2, -0.15) is 0 Å². The zero-order valence-electron chi connectivity index (χ0n) is 13.9. The Morgan fingerprint density at radius 1 is 1.32 bits per heavy atom. The summed E-state index contributed by atoms with van der Waals surface area (Å²) in [5.41, 5.74) is 2.40. The first-order valence-electron chi connectivity index (χ1n) is 7.87. The zero-order chi connectivity index (χ0) is 16.0. The minimum Gasteiger partial charge on any atom is -0.497 e. The van der Waals surface area contributed by atoms with Crippen LogP contribution in [0, 0.1) is 0 Å². The van der Waals surface area contributed by atoms with Crippen molar-refractivity contribution in [1.82, 2.24) is 4.90 Å². The van der Waals surface area contributed by atoms with Gasteiger partial charge in [-0.05, 0) is 47.9 Å². The summed E-state index contributed by atoms with van der Waals surface area (Å²) in [5.74, 6) is 1.11. The minimum atomic E-state index is -0.237. The molecule has 1 heterocycles. The Labute approximate surface area is 132 Å². The molecule has 0 saturated carbocycles. The average Bonchev–Trinajstić information content (AvgIpc) is 2.58. The average molecular weight is 303 g/mol. The van der Waals surface area contributed by atoms with Crippen molar-refractivity contribution in [3.63, 3.8) is 0 Å². The smallest absolute Gasteiger partial charge is 0.222 e. The monoisotopic (exact) mass is 303 g/mol. The molecule has 1 saturated heterocycles. The molecule has 1 aromatic rings. The molecule has 0 spiro atoms. The van der Waals surface area contributed by atoms with Crippen molar-refractivity contribution in [3.05, 3.63) is 29.3 Å². The Morgan fingerprint density at radius 3 is 2.77 bits per heavy atom. The molecule has 3 rings (SSSR count). The molecule has 0 N–H and O–H groups in total. The Hall–Kier alpha value is -1.55. The van der Waals surface area contributed by atoms with E-state index in [2.05, 4.69) is 19.1 Å². The van der Waals surface area contributed by atoms with E-state index in [0.29, 0.717) is 13.0 Å². The first kappa shape index (κ1) is 15.3. The molecule has 120 valence electrons. The molecule has 4 nitrogen and oxygen atoms in total. The van der Waals surface area contributed by atoms with E-state index in [1.807, 2.05) is 18.0 Å². The molecule has 1 amide bonds. The predicted molar refractivity (Wildman–Crippen MR) is 85.3 cm³/mol. The van der Waals surface area contributed by atoms with Gasteiger partial charge in [0.15, 0.2) is 0 Å². The van der Waals surface area contributed by atoms with Gasteiger partial charge in [-0.15, -0.1) is 0 Å². The second kappa shape index (κ2) is 5.27. The number of fused-ring (bicyclic) bond motifs is 4. The van der Waals surface area contributed by atoms with Gasteiger partial charge in [-0.1, -0.05) is 13.0 Å². The van der Waals surface area contributed by atoms with Crippen molar-refractivity contribution < 1.29 is 14.3 Å². The van der Waals surface area contributed by atoms with Crippen LogP contribution in [0.2, 0.25) is 0 Å². The lowest BCUT2D eigenvalue weighted by atomic mass is 9.63. The van der Waals surface area contributed by atoms with Crippen molar-refractivity contribution in [3.8, 4) is 5.75 Å². The van der Waals surface area contributed by atoms with Crippen LogP contribution in [0.4, 0.5) is 0 Å². The van der Waals surface area contributed by atoms with Crippen LogP contribution < -0.4 is 4.74 Å². The molecular weight excluding hydrogens is 278 g/mol. The molecule has 0 aromatic heterocycles. The van der Waals surface area contributed by atoms with Gasteiger partial charge in [-0.25, -0.2) is 0 Å². The van der Waals surface area contributed by atoms with Gasteiger partial charge in [-0.3, -0.25) is 4.79 Å². The lowest BCUT2D eigenvalue weighted by Gasteiger charge is -2.49. The number of methoxy groups -OCH3 is 2. The van der Waals surface area contributed by atoms with Crippen LogP contribution in [0.5, 0.6) is 5.75 Å². The van der Waals surface area contributed by atoms with Crippen LogP contribution in [-0.2, 0) is 21.4 Å². The fraction of sp³-hybridized carbons (Fsp3) is 0.611. The number of carbonyl (C=O) groups excluding carboxylic acids is 1. The second-order valence-corrected chi connectivity index (χ2v) is 7.05. The molecule has 4 heteroatoms. The molecule has 1 aliphatic heterocycles. The summed E-state index contributed by atoms with van der Waals surface area (Å²) in [6, 6.07) is 6.32. The third-order valence-electron chi connectivity index (χ3n) is 5.60. The minimum absolute atomic E-state index is 0.0128. The summed E-state index contributed by atoms with van der Waals surface area (Å²) in [4.78, 5) is 14.4. The highest BCUT2D eigenvalue weighted by Crippen LogP contribution is 2.49. The SMILES string of the molecule is COC[C@]12Cc3ccc(OC)cc3[C@](C)(CCC(=O)N1C)C2. The molecule has 22 heavy (non-hydrogen) atoms. The van der Waals surface area contributed by atoms with Gasteiger partial charge in [0.1, 0.15) is 5.75 Å². The number of carbonyl (C=O) groups is 1. The molecule has 1 aromatic carbocycles. The van der Waals surface area contributed by atoms with Crippen LogP contribution in [0.1, 0.15) is 37.3 Å². The maximum absolute atomic E-state index is 12.5. The van der Waals surface area contributed by atoms with Gasteiger partial charge >= 0.3 is 0 Å². The van der Waals surface area contributed by atoms with E-state index in [0.717, 1.165) is 25.0 Å². The Bertz CT molecular complexity index is 600. The number of likely N-dealkylation sites (tertiary alicyclic amines) is 1. The van der Waals surface area contributed by atoms with Crippen molar-refractivity contribution in [1.29, 1.82) is 0 Å². The first-order valence-corrected chi connectivity index (χ1v) is 7.87. The van der Waals surface area contributed by atoms with Crippen molar-refractivity contribution in [2.24, 2.45) is 0 Å². The summed E-state index contributed by atoms with van der Waals surface area (Å²) in [6.45, 7) is 2.86. The summed E-state index contributed by atoms with van der Waals surface area (Å²) < 4.78 is 10.9. The molecule has 1 aliphatic carbocycles. The Morgan fingerprint density at radius 2 is 2.09 bits per heavy atom. The van der Waals surface area contributed by atoms with Crippen molar-refractivity contribution >= 4 is 5.91 Å². The zero-order valence-corrected chi connectivity index (χ0v) is 13.9. The summed E-state index contributed by atoms with van der Waals surface area (Å²) >= 11 is 0. The summed E-state index contributed by atoms with van der Waals surface area (Å²) in [5, 5.41) is 0. The maximum atomic E-state index is 12.5. The lowest BCUT2D eigenvalue weighted by molar-refractivity contribution is -0.137. The number of hydrogen-bond donors (Lipinski definition) is 0. The molecule has 2 bridgehead atoms. The Balaban J connectivity index is 2.15. The topological polar surface area (TPSA) is 38.8 Å². The largest absolute Gasteiger partial charge is 0.497 e. The van der Waals surface area contributed by atoms with Crippen LogP contribution in [0.25, 0.3) is 0 Å². The Kier molecular flexibility index (Phi) is 3.68. The van der Waals surface area contributed by atoms with Crippen LogP contribution >= 0.6 is 0 Å². The molecule has 1 fully saturated rings. The first-order chi connectivity index (χ1) is 10.4. The van der Waals surface area contributed by atoms with E-state index in [1.165, 1.54) is 11.1 Å². The number of amides is 1. The van der Waals surface area contributed by atoms with Crippen molar-refractivity contribution in [2.45, 2.75) is 43.6 Å². The van der Waals surface area contributed by atoms with Gasteiger partial charge in [0, 0.05) is 20.6 Å². The van der Waals surface area contributed by atoms with Gasteiger partial charge in [0.25, 0.3) is 0 Å². The van der Waals surface area contributed by atoms with E-state index in [9.17, 15) is 4.79 Å². The number of likely N-dealkylation sites (N-methyl/N-ethyl adjacent to an activating group) is 1. The van der Waals surface area contributed by atoms with Gasteiger partial charge in [0.2, 0.25) is 5.91 Å². The molecule has 2 aliphatic rings. The number of hydrogen-bond acceptors (Lipinski definition) is 3. The summed E-state index contributed by atoms with van der Waals surface area (Å²) in [7, 11) is 5.35. The van der Waals surface area contributed by atoms with Gasteiger partial charge < -0.3 is 14.4 Å². The third-order valence-corrected chi connectivity index (χ3v) is 5.60. The number of rotatable bonds is 3. The standard InChI is InChI=1S/C18H25NO3/c1-17-8-7-16(20)19(2)18(11-17,12-21-3)10-13-5-6-14(22-4)9-15(13)17/h5-6,9H,7-8,10-12H2,1-4H3/t17-,18-/m1/s1. The number of ether oxygens (including phenoxy) is 2. The summed E-state index contributed by atoms with van der Waals surface area (Å²) in [6.07, 6.45) is 3.26. The second-order valence-electron chi connectivity index (χ2n) is 7.05. The highest BCUT2D eigenvalue weighted by atomic mass is 16.5. The van der Waals surface area contributed by atoms with E-state index in [4.69, 9.17) is 9.47 Å². The number of benzene rings is 1. The fourth-order valence-corrected chi connectivity index (χ4v) is 4.38. The van der Waals surface area contributed by atoms with E-state index >= 15 is 0 Å². The van der Waals surface area contributed by atoms with E-state index < -0.39 is 0 Å². The van der Waals surface area contributed by atoms with Crippen molar-refractivity contribution in [2.75, 3.05) is 27.9 Å². The molecule has 0 radical (unpaired) electrons. The fourth-order valence-electron chi connectivity index (χ4n) is 4.38. The van der Waals surface area contributed by atoms with Gasteiger partial charge in [0.05, 0.1) is 19.3 Å². The van der Waals surface area contributed by atoms with E-state index in [-0.39, 0.29) is 16.9 Å². The highest BCUT2D eigenvalue weighted by Gasteiger charge is 2.51. The molecule has 2 atom stereocenters. The van der Waals surface area contributed by atoms with Crippen LogP contribution in [0.15, 0.2) is 18.2 Å². The lowest BCUT2D eigenvalue weighted by Crippen LogP contribution is -2.57. The maximum Gasteiger partial charge on any atom is 0.222 e. The third kappa shape index (κ3) is 2.21.